The van der Waals surface area contributed by atoms with E-state index in [1.54, 1.807) is 0 Å². The maximum Gasteiger partial charge on any atom is 0.265 e. The summed E-state index contributed by atoms with van der Waals surface area (Å²) in [4.78, 5) is 0. The van der Waals surface area contributed by atoms with Crippen molar-refractivity contribution in [3.63, 3.8) is 0 Å². The Kier molecular flexibility index (Phi) is 4.58. The minimum atomic E-state index is -0.403. The van der Waals surface area contributed by atoms with Gasteiger partial charge in [-0.1, -0.05) is 6.07 Å². The van der Waals surface area contributed by atoms with E-state index in [4.69, 9.17) is 14.0 Å². The number of fused-ring (bicyclic) bond motifs is 1. The van der Waals surface area contributed by atoms with Gasteiger partial charge in [-0.25, -0.2) is 0 Å². The quantitative estimate of drug-likeness (QED) is 0.876. The van der Waals surface area contributed by atoms with Crippen LogP contribution in [0.25, 0.3) is 11.0 Å². The lowest BCUT2D eigenvalue weighted by Gasteiger charge is -2.22. The molecule has 1 aliphatic carbocycles. The Morgan fingerprint density at radius 1 is 1.21 bits per heavy atom. The van der Waals surface area contributed by atoms with Crippen LogP contribution in [0.15, 0.2) is 22.7 Å². The summed E-state index contributed by atoms with van der Waals surface area (Å²) in [6, 6.07) is 5.63. The average Bonchev–Trinajstić information content (AvgIpc) is 3.21. The molecule has 1 saturated carbocycles. The third-order valence-electron chi connectivity index (χ3n) is 5.04. The molecule has 6 heteroatoms. The molecule has 1 aromatic heterocycles. The molecular weight excluding hydrogens is 308 g/mol. The number of ether oxygens (including phenoxy) is 2. The summed E-state index contributed by atoms with van der Waals surface area (Å²) >= 11 is 0. The van der Waals surface area contributed by atoms with Crippen molar-refractivity contribution >= 4 is 11.0 Å². The highest BCUT2D eigenvalue weighted by molar-refractivity contribution is 5.88. The Morgan fingerprint density at radius 2 is 2.08 bits per heavy atom. The third-order valence-corrected chi connectivity index (χ3v) is 5.04. The van der Waals surface area contributed by atoms with E-state index in [9.17, 15) is 5.11 Å². The number of hydrogen-bond acceptors (Lipinski definition) is 6. The molecule has 2 N–H and O–H groups in total. The SMILES string of the molecule is O[C@H]1CCC[C@@H]1Oc1cccc2onc(OCC3CCNCC3)c12. The highest BCUT2D eigenvalue weighted by atomic mass is 16.5. The molecule has 0 bridgehead atoms. The zero-order chi connectivity index (χ0) is 16.4. The number of aliphatic hydroxyl groups excluding tert-OH is 1. The highest BCUT2D eigenvalue weighted by Gasteiger charge is 2.28. The van der Waals surface area contributed by atoms with Crippen molar-refractivity contribution in [1.82, 2.24) is 10.5 Å². The molecule has 24 heavy (non-hydrogen) atoms. The molecule has 1 saturated heterocycles. The fourth-order valence-corrected chi connectivity index (χ4v) is 3.58. The van der Waals surface area contributed by atoms with Crippen LogP contribution >= 0.6 is 0 Å². The van der Waals surface area contributed by atoms with Crippen LogP contribution in [0.5, 0.6) is 11.6 Å². The first kappa shape index (κ1) is 15.7. The molecule has 1 aromatic carbocycles. The van der Waals surface area contributed by atoms with Crippen molar-refractivity contribution in [1.29, 1.82) is 0 Å². The molecule has 4 rings (SSSR count). The van der Waals surface area contributed by atoms with Gasteiger partial charge in [-0.2, -0.15) is 0 Å². The minimum absolute atomic E-state index is 0.164. The average molecular weight is 332 g/mol. The summed E-state index contributed by atoms with van der Waals surface area (Å²) in [5.41, 5.74) is 0.653. The van der Waals surface area contributed by atoms with Crippen LogP contribution in [0, 0.1) is 5.92 Å². The molecule has 2 atom stereocenters. The lowest BCUT2D eigenvalue weighted by molar-refractivity contribution is 0.0612. The minimum Gasteiger partial charge on any atom is -0.487 e. The van der Waals surface area contributed by atoms with Crippen LogP contribution in [0.1, 0.15) is 32.1 Å². The van der Waals surface area contributed by atoms with Crippen molar-refractivity contribution < 1.29 is 19.1 Å². The molecule has 0 radical (unpaired) electrons. The van der Waals surface area contributed by atoms with Crippen LogP contribution in [0.3, 0.4) is 0 Å². The number of nitrogens with one attached hydrogen (secondary N) is 1. The van der Waals surface area contributed by atoms with Gasteiger partial charge < -0.3 is 24.4 Å². The van der Waals surface area contributed by atoms with E-state index in [0.717, 1.165) is 50.6 Å². The molecule has 6 nitrogen and oxygen atoms in total. The topological polar surface area (TPSA) is 76.8 Å². The Balaban J connectivity index is 1.52. The summed E-state index contributed by atoms with van der Waals surface area (Å²) < 4.78 is 17.4. The van der Waals surface area contributed by atoms with E-state index in [0.29, 0.717) is 29.7 Å². The predicted octanol–water partition coefficient (Wildman–Crippen LogP) is 2.50. The smallest absolute Gasteiger partial charge is 0.265 e. The molecule has 2 aromatic rings. The first-order valence-corrected chi connectivity index (χ1v) is 8.88. The number of hydrogen-bond donors (Lipinski definition) is 2. The summed E-state index contributed by atoms with van der Waals surface area (Å²) in [5.74, 6) is 1.72. The maximum atomic E-state index is 10.0. The lowest BCUT2D eigenvalue weighted by Crippen LogP contribution is -2.30. The summed E-state index contributed by atoms with van der Waals surface area (Å²) in [6.07, 6.45) is 4.32. The van der Waals surface area contributed by atoms with Gasteiger partial charge in [-0.05, 0) is 68.4 Å². The van der Waals surface area contributed by atoms with Crippen molar-refractivity contribution in [2.45, 2.75) is 44.3 Å². The first-order chi connectivity index (χ1) is 11.8. The van der Waals surface area contributed by atoms with Gasteiger partial charge in [0.15, 0.2) is 5.58 Å². The second-order valence-corrected chi connectivity index (χ2v) is 6.78. The highest BCUT2D eigenvalue weighted by Crippen LogP contribution is 2.36. The number of aliphatic hydroxyl groups is 1. The second-order valence-electron chi connectivity index (χ2n) is 6.78. The fourth-order valence-electron chi connectivity index (χ4n) is 3.58. The zero-order valence-electron chi connectivity index (χ0n) is 13.7. The van der Waals surface area contributed by atoms with Crippen LogP contribution in [-0.4, -0.2) is 42.2 Å². The van der Waals surface area contributed by atoms with Gasteiger partial charge >= 0.3 is 0 Å². The van der Waals surface area contributed by atoms with E-state index in [1.807, 2.05) is 18.2 Å². The summed E-state index contributed by atoms with van der Waals surface area (Å²) in [6.45, 7) is 2.73. The Labute approximate surface area is 141 Å². The Morgan fingerprint density at radius 3 is 2.88 bits per heavy atom. The fraction of sp³-hybridized carbons (Fsp3) is 0.611. The van der Waals surface area contributed by atoms with E-state index in [2.05, 4.69) is 10.5 Å². The normalized spacial score (nSPS) is 25.2. The second kappa shape index (κ2) is 6.99. The number of rotatable bonds is 5. The van der Waals surface area contributed by atoms with Gasteiger partial charge in [0.25, 0.3) is 5.88 Å². The number of nitrogens with zero attached hydrogens (tertiary/aromatic N) is 1. The zero-order valence-corrected chi connectivity index (χ0v) is 13.7. The Hall–Kier alpha value is -1.79. The van der Waals surface area contributed by atoms with E-state index in [-0.39, 0.29) is 6.10 Å². The molecule has 0 unspecified atom stereocenters. The van der Waals surface area contributed by atoms with Crippen LogP contribution in [0.4, 0.5) is 0 Å². The number of benzene rings is 1. The van der Waals surface area contributed by atoms with Gasteiger partial charge in [0, 0.05) is 0 Å². The monoisotopic (exact) mass is 332 g/mol. The molecule has 2 aliphatic rings. The summed E-state index contributed by atoms with van der Waals surface area (Å²) in [5, 5.41) is 18.2. The van der Waals surface area contributed by atoms with Crippen LogP contribution in [0.2, 0.25) is 0 Å². The van der Waals surface area contributed by atoms with Gasteiger partial charge in [0.1, 0.15) is 17.2 Å². The molecule has 0 spiro atoms. The van der Waals surface area contributed by atoms with Crippen LogP contribution in [-0.2, 0) is 0 Å². The molecule has 2 heterocycles. The molecule has 1 aliphatic heterocycles. The predicted molar refractivity (Wildman–Crippen MR) is 89.4 cm³/mol. The van der Waals surface area contributed by atoms with E-state index >= 15 is 0 Å². The standard InChI is InChI=1S/C18H24N2O4/c21-13-3-1-4-14(13)23-15-5-2-6-16-17(15)18(20-24-16)22-11-12-7-9-19-10-8-12/h2,5-6,12-14,19,21H,1,3-4,7-11H2/t13-,14-/m0/s1. The molecule has 0 amide bonds. The molecular formula is C18H24N2O4. The molecule has 130 valence electrons. The van der Waals surface area contributed by atoms with Crippen molar-refractivity contribution in [2.24, 2.45) is 5.92 Å². The molecule has 2 fully saturated rings. The summed E-state index contributed by atoms with van der Waals surface area (Å²) in [7, 11) is 0. The maximum absolute atomic E-state index is 10.0. The van der Waals surface area contributed by atoms with Gasteiger partial charge in [-0.15, -0.1) is 0 Å². The van der Waals surface area contributed by atoms with E-state index in [1.165, 1.54) is 0 Å². The van der Waals surface area contributed by atoms with Gasteiger partial charge in [0.05, 0.1) is 12.7 Å². The van der Waals surface area contributed by atoms with Gasteiger partial charge in [0.2, 0.25) is 0 Å². The van der Waals surface area contributed by atoms with Crippen molar-refractivity contribution in [3.8, 4) is 11.6 Å². The first-order valence-electron chi connectivity index (χ1n) is 8.88. The van der Waals surface area contributed by atoms with Crippen LogP contribution < -0.4 is 14.8 Å². The number of piperidine rings is 1. The van der Waals surface area contributed by atoms with Gasteiger partial charge in [-0.3, -0.25) is 0 Å². The Bertz CT molecular complexity index is 681. The third kappa shape index (κ3) is 3.21. The number of aromatic nitrogens is 1. The van der Waals surface area contributed by atoms with Crippen molar-refractivity contribution in [3.05, 3.63) is 18.2 Å². The van der Waals surface area contributed by atoms with E-state index < -0.39 is 6.10 Å². The van der Waals surface area contributed by atoms with Crippen molar-refractivity contribution in [2.75, 3.05) is 19.7 Å². The largest absolute Gasteiger partial charge is 0.487 e. The lowest BCUT2D eigenvalue weighted by atomic mass is 9.99.